The third kappa shape index (κ3) is 3.89. The molecule has 2 aromatic carbocycles. The van der Waals surface area contributed by atoms with Gasteiger partial charge in [-0.25, -0.2) is 0 Å². The van der Waals surface area contributed by atoms with Crippen molar-refractivity contribution in [3.05, 3.63) is 65.4 Å². The molecule has 0 saturated carbocycles. The molecule has 0 saturated heterocycles. The van der Waals surface area contributed by atoms with Crippen molar-refractivity contribution < 1.29 is 18.0 Å². The molecule has 0 aliphatic rings. The Balaban J connectivity index is 2.22. The molecule has 0 unspecified atom stereocenters. The molecule has 0 spiro atoms. The van der Waals surface area contributed by atoms with Crippen molar-refractivity contribution in [2.24, 2.45) is 16.5 Å². The smallest absolute Gasteiger partial charge is 0.370 e. The van der Waals surface area contributed by atoms with Gasteiger partial charge in [-0.2, -0.15) is 18.2 Å². The fraction of sp³-hybridized carbons (Fsp3) is 0.105. The first-order valence-electron chi connectivity index (χ1n) is 7.87. The minimum Gasteiger partial charge on any atom is -0.370 e. The number of hydrogen-bond donors (Lipinski definition) is 2. The van der Waals surface area contributed by atoms with Gasteiger partial charge in [0.15, 0.2) is 5.96 Å². The van der Waals surface area contributed by atoms with Gasteiger partial charge in [-0.05, 0) is 60.0 Å². The van der Waals surface area contributed by atoms with Crippen LogP contribution in [0.2, 0.25) is 0 Å². The summed E-state index contributed by atoms with van der Waals surface area (Å²) in [5, 5.41) is 0.521. The average Bonchev–Trinajstić information content (AvgIpc) is 2.58. The minimum atomic E-state index is -4.46. The number of halogens is 3. The van der Waals surface area contributed by atoms with Crippen molar-refractivity contribution in [2.75, 3.05) is 0 Å². The largest absolute Gasteiger partial charge is 0.416 e. The van der Waals surface area contributed by atoms with Gasteiger partial charge in [-0.15, -0.1) is 0 Å². The number of carbonyl (C=O) groups excluding carboxylic acids is 1. The lowest BCUT2D eigenvalue weighted by molar-refractivity contribution is -0.137. The highest BCUT2D eigenvalue weighted by Gasteiger charge is 2.31. The molecule has 1 amide bonds. The minimum absolute atomic E-state index is 0.203. The van der Waals surface area contributed by atoms with Gasteiger partial charge in [0, 0.05) is 17.1 Å². The number of aliphatic imine (C=N–C) groups is 1. The summed E-state index contributed by atoms with van der Waals surface area (Å²) in [6.07, 6.45) is -2.96. The van der Waals surface area contributed by atoms with E-state index < -0.39 is 17.6 Å². The lowest BCUT2D eigenvalue weighted by atomic mass is 9.96. The van der Waals surface area contributed by atoms with E-state index in [1.54, 1.807) is 25.1 Å². The molecule has 5 nitrogen and oxygen atoms in total. The first kappa shape index (κ1) is 18.4. The van der Waals surface area contributed by atoms with Crippen molar-refractivity contribution in [2.45, 2.75) is 13.1 Å². The Bertz CT molecular complexity index is 1070. The summed E-state index contributed by atoms with van der Waals surface area (Å²) in [6.45, 7) is 1.59. The Labute approximate surface area is 152 Å². The normalized spacial score (nSPS) is 11.4. The zero-order chi connectivity index (χ0) is 19.8. The quantitative estimate of drug-likeness (QED) is 0.530. The van der Waals surface area contributed by atoms with E-state index in [1.807, 2.05) is 0 Å². The van der Waals surface area contributed by atoms with E-state index in [9.17, 15) is 18.0 Å². The molecular formula is C19H15F3N4O. The predicted octanol–water partition coefficient (Wildman–Crippen LogP) is 3.64. The SMILES string of the molecule is Cc1cc(-c2ccnc3ccc(C(=O)N=C(N)N)cc23)cc(C(F)(F)F)c1. The Morgan fingerprint density at radius 1 is 1.07 bits per heavy atom. The van der Waals surface area contributed by atoms with E-state index in [0.29, 0.717) is 27.6 Å². The summed E-state index contributed by atoms with van der Waals surface area (Å²) in [5.41, 5.74) is 11.8. The molecule has 0 fully saturated rings. The van der Waals surface area contributed by atoms with E-state index in [-0.39, 0.29) is 11.5 Å². The van der Waals surface area contributed by atoms with Crippen LogP contribution in [0.1, 0.15) is 21.5 Å². The zero-order valence-electron chi connectivity index (χ0n) is 14.2. The van der Waals surface area contributed by atoms with E-state index in [1.165, 1.54) is 18.3 Å². The molecular weight excluding hydrogens is 357 g/mol. The van der Waals surface area contributed by atoms with Gasteiger partial charge in [0.05, 0.1) is 11.1 Å². The number of nitrogens with zero attached hydrogens (tertiary/aromatic N) is 2. The number of nitrogens with two attached hydrogens (primary N) is 2. The van der Waals surface area contributed by atoms with Crippen molar-refractivity contribution in [3.63, 3.8) is 0 Å². The van der Waals surface area contributed by atoms with Crippen LogP contribution in [0.25, 0.3) is 22.0 Å². The lowest BCUT2D eigenvalue weighted by Gasteiger charge is -2.12. The van der Waals surface area contributed by atoms with Crippen LogP contribution in [0.3, 0.4) is 0 Å². The van der Waals surface area contributed by atoms with Gasteiger partial charge in [-0.1, -0.05) is 6.07 Å². The molecule has 4 N–H and O–H groups in total. The van der Waals surface area contributed by atoms with Crippen LogP contribution >= 0.6 is 0 Å². The summed E-state index contributed by atoms with van der Waals surface area (Å²) < 4.78 is 39.5. The van der Waals surface area contributed by atoms with Crippen LogP contribution in [0.15, 0.2) is 53.7 Å². The number of benzene rings is 2. The second-order valence-corrected chi connectivity index (χ2v) is 6.02. The van der Waals surface area contributed by atoms with Crippen molar-refractivity contribution in [1.29, 1.82) is 0 Å². The molecule has 0 radical (unpaired) electrons. The molecule has 138 valence electrons. The number of rotatable bonds is 2. The van der Waals surface area contributed by atoms with Gasteiger partial charge in [0.25, 0.3) is 5.91 Å². The standard InChI is InChI=1S/C19H15F3N4O/c1-10-6-12(8-13(7-10)19(20,21)22)14-4-5-25-16-3-2-11(9-15(14)16)17(27)26-18(23)24/h2-9H,1H3,(H4,23,24,26,27). The monoisotopic (exact) mass is 372 g/mol. The Kier molecular flexibility index (Phi) is 4.57. The van der Waals surface area contributed by atoms with Gasteiger partial charge >= 0.3 is 6.18 Å². The summed E-state index contributed by atoms with van der Waals surface area (Å²) in [6, 6.07) is 10.0. The molecule has 8 heteroatoms. The number of aromatic nitrogens is 1. The van der Waals surface area contributed by atoms with Crippen LogP contribution in [-0.4, -0.2) is 16.9 Å². The summed E-state index contributed by atoms with van der Waals surface area (Å²) in [5.74, 6) is -1.02. The van der Waals surface area contributed by atoms with E-state index in [4.69, 9.17) is 11.5 Å². The molecule has 0 bridgehead atoms. The number of alkyl halides is 3. The van der Waals surface area contributed by atoms with Crippen LogP contribution in [0, 0.1) is 6.92 Å². The molecule has 3 rings (SSSR count). The maximum atomic E-state index is 13.2. The van der Waals surface area contributed by atoms with Gasteiger partial charge in [0.2, 0.25) is 0 Å². The van der Waals surface area contributed by atoms with Gasteiger partial charge in [-0.3, -0.25) is 9.78 Å². The second kappa shape index (κ2) is 6.71. The number of carbonyl (C=O) groups is 1. The molecule has 0 atom stereocenters. The average molecular weight is 372 g/mol. The Hall–Kier alpha value is -3.42. The number of amides is 1. The molecule has 1 heterocycles. The highest BCUT2D eigenvalue weighted by Crippen LogP contribution is 2.35. The fourth-order valence-corrected chi connectivity index (χ4v) is 2.82. The first-order chi connectivity index (χ1) is 12.6. The van der Waals surface area contributed by atoms with Gasteiger partial charge in [0.1, 0.15) is 0 Å². The highest BCUT2D eigenvalue weighted by atomic mass is 19.4. The predicted molar refractivity (Wildman–Crippen MR) is 97.1 cm³/mol. The molecule has 3 aromatic rings. The summed E-state index contributed by atoms with van der Waals surface area (Å²) in [7, 11) is 0. The summed E-state index contributed by atoms with van der Waals surface area (Å²) in [4.78, 5) is 19.8. The van der Waals surface area contributed by atoms with Crippen molar-refractivity contribution >= 4 is 22.8 Å². The number of guanidine groups is 1. The maximum Gasteiger partial charge on any atom is 0.416 e. The second-order valence-electron chi connectivity index (χ2n) is 6.02. The number of hydrogen-bond acceptors (Lipinski definition) is 2. The molecule has 1 aromatic heterocycles. The third-order valence-electron chi connectivity index (χ3n) is 3.93. The van der Waals surface area contributed by atoms with Crippen molar-refractivity contribution in [3.8, 4) is 11.1 Å². The number of pyridine rings is 1. The lowest BCUT2D eigenvalue weighted by Crippen LogP contribution is -2.24. The van der Waals surface area contributed by atoms with Crippen LogP contribution in [-0.2, 0) is 6.18 Å². The first-order valence-corrected chi connectivity index (χ1v) is 7.87. The van der Waals surface area contributed by atoms with Crippen LogP contribution in [0.4, 0.5) is 13.2 Å². The number of aryl methyl sites for hydroxylation is 1. The molecule has 27 heavy (non-hydrogen) atoms. The fourth-order valence-electron chi connectivity index (χ4n) is 2.82. The maximum absolute atomic E-state index is 13.2. The topological polar surface area (TPSA) is 94.4 Å². The van der Waals surface area contributed by atoms with Crippen LogP contribution < -0.4 is 11.5 Å². The number of fused-ring (bicyclic) bond motifs is 1. The summed E-state index contributed by atoms with van der Waals surface area (Å²) >= 11 is 0. The van der Waals surface area contributed by atoms with Gasteiger partial charge < -0.3 is 11.5 Å². The Morgan fingerprint density at radius 2 is 1.81 bits per heavy atom. The molecule has 0 aliphatic heterocycles. The third-order valence-corrected chi connectivity index (χ3v) is 3.93. The van der Waals surface area contributed by atoms with E-state index in [2.05, 4.69) is 9.98 Å². The zero-order valence-corrected chi connectivity index (χ0v) is 14.2. The highest BCUT2D eigenvalue weighted by molar-refractivity contribution is 6.05. The van der Waals surface area contributed by atoms with E-state index >= 15 is 0 Å². The van der Waals surface area contributed by atoms with E-state index in [0.717, 1.165) is 12.1 Å². The van der Waals surface area contributed by atoms with Crippen molar-refractivity contribution in [1.82, 2.24) is 4.98 Å². The molecule has 0 aliphatic carbocycles. The Morgan fingerprint density at radius 3 is 2.48 bits per heavy atom. The van der Waals surface area contributed by atoms with Crippen LogP contribution in [0.5, 0.6) is 0 Å².